The molecule has 5 nitrogen and oxygen atoms in total. The Balaban J connectivity index is 2.82. The van der Waals surface area contributed by atoms with E-state index in [9.17, 15) is 48.3 Å². The molecule has 0 radical (unpaired) electrons. The first-order valence-electron chi connectivity index (χ1n) is 7.86. The number of halogens is 12. The van der Waals surface area contributed by atoms with Gasteiger partial charge in [0.25, 0.3) is 11.7 Å². The third-order valence-corrected chi connectivity index (χ3v) is 6.64. The van der Waals surface area contributed by atoms with Crippen LogP contribution in [0.4, 0.5) is 48.3 Å². The first kappa shape index (κ1) is 27.7. The quantitative estimate of drug-likeness (QED) is 0.200. The Morgan fingerprint density at radius 3 is 1.57 bits per heavy atom. The molecule has 1 rings (SSSR count). The van der Waals surface area contributed by atoms with Crippen LogP contribution in [0.3, 0.4) is 0 Å². The fourth-order valence-electron chi connectivity index (χ4n) is 2.37. The molecule has 1 saturated heterocycles. The van der Waals surface area contributed by atoms with Gasteiger partial charge in [-0.1, -0.05) is 25.2 Å². The van der Waals surface area contributed by atoms with Crippen molar-refractivity contribution in [2.24, 2.45) is 11.5 Å². The summed E-state index contributed by atoms with van der Waals surface area (Å²) in [6.45, 7) is -7.53. The molecule has 3 unspecified atom stereocenters. The molecule has 0 spiro atoms. The molecule has 17 heteroatoms. The van der Waals surface area contributed by atoms with E-state index in [1.807, 2.05) is 0 Å². The summed E-state index contributed by atoms with van der Waals surface area (Å²) in [5.41, 5.74) is 9.25. The van der Waals surface area contributed by atoms with Crippen molar-refractivity contribution in [3.8, 4) is 0 Å². The number of nitrogens with zero attached hydrogens (tertiary/aromatic N) is 2. The molecular formula is C13H18F11IN4O. The number of piperazine rings is 1. The first-order valence-corrected chi connectivity index (χ1v) is 10.5. The molecule has 1 fully saturated rings. The molecule has 1 aliphatic heterocycles. The maximum Gasteiger partial charge on any atom is 0.460 e. The minimum Gasteiger partial charge on any atom is -0.371 e. The number of hydrogen-bond acceptors (Lipinski definition) is 5. The number of hydrogen-bond donors (Lipinski definition) is 2. The maximum absolute atomic E-state index is 14.5. The van der Waals surface area contributed by atoms with Crippen molar-refractivity contribution in [1.29, 1.82) is 0 Å². The lowest BCUT2D eigenvalue weighted by atomic mass is 10.1. The highest BCUT2D eigenvalue weighted by Crippen LogP contribution is 2.46. The van der Waals surface area contributed by atoms with Crippen LogP contribution in [0.25, 0.3) is 0 Å². The summed E-state index contributed by atoms with van der Waals surface area (Å²) in [5.74, 6) is -13.8. The van der Waals surface area contributed by atoms with Gasteiger partial charge in [-0.2, -0.15) is 35.1 Å². The number of alkyl halides is 12. The zero-order chi connectivity index (χ0) is 23.8. The molecule has 0 amide bonds. The smallest absolute Gasteiger partial charge is 0.371 e. The van der Waals surface area contributed by atoms with E-state index in [4.69, 9.17) is 5.73 Å². The van der Waals surface area contributed by atoms with E-state index in [0.717, 1.165) is 0 Å². The van der Waals surface area contributed by atoms with Gasteiger partial charge >= 0.3 is 18.4 Å². The number of nitrogens with two attached hydrogens (primary N) is 2. The van der Waals surface area contributed by atoms with Gasteiger partial charge in [-0.3, -0.25) is 16.4 Å². The lowest BCUT2D eigenvalue weighted by Gasteiger charge is -2.44. The SMILES string of the molecule is C=IC(F)(COCC(F)(F)C(N)(F)N1CCN(C(F)(F)F)CC1)C(N)(F)C(F)(F)F. The van der Waals surface area contributed by atoms with Gasteiger partial charge in [-0.15, -0.1) is 0 Å². The van der Waals surface area contributed by atoms with E-state index < -0.39 is 93.9 Å². The monoisotopic (exact) mass is 582 g/mol. The van der Waals surface area contributed by atoms with Gasteiger partial charge in [0.05, 0.1) is 6.61 Å². The zero-order valence-corrected chi connectivity index (χ0v) is 17.1. The summed E-state index contributed by atoms with van der Waals surface area (Å²) in [6.07, 6.45) is -10.7. The van der Waals surface area contributed by atoms with Crippen molar-refractivity contribution in [3.63, 3.8) is 0 Å². The van der Waals surface area contributed by atoms with E-state index in [-0.39, 0.29) is 9.80 Å². The number of rotatable bonds is 8. The molecule has 0 bridgehead atoms. The Morgan fingerprint density at radius 1 is 0.767 bits per heavy atom. The minimum atomic E-state index is -5.92. The van der Waals surface area contributed by atoms with Crippen LogP contribution in [0.15, 0.2) is 0 Å². The minimum absolute atomic E-state index is 0.0667. The summed E-state index contributed by atoms with van der Waals surface area (Å²) in [4.78, 5) is 0.108. The van der Waals surface area contributed by atoms with Gasteiger partial charge in [0.15, 0.2) is 0 Å². The van der Waals surface area contributed by atoms with E-state index in [1.54, 1.807) is 0 Å². The van der Waals surface area contributed by atoms with Crippen molar-refractivity contribution in [1.82, 2.24) is 9.80 Å². The van der Waals surface area contributed by atoms with Gasteiger partial charge in [0, 0.05) is 26.2 Å². The lowest BCUT2D eigenvalue weighted by molar-refractivity contribution is -0.279. The maximum atomic E-state index is 14.5. The fraction of sp³-hybridized carbons (Fsp3) is 0.923. The second kappa shape index (κ2) is 8.87. The predicted molar refractivity (Wildman–Crippen MR) is 92.1 cm³/mol. The summed E-state index contributed by atoms with van der Waals surface area (Å²) in [6, 6.07) is 0. The molecule has 1 heterocycles. The van der Waals surface area contributed by atoms with Gasteiger partial charge in [0.1, 0.15) is 6.61 Å². The standard InChI is InChI=1S/C13H18F11IN4O/c1-25-9(16,10(17,26)11(18,19)20)7-30-6-8(14,15)12(21,27)28-2-4-29(5-3-28)13(22,23)24/h1-7,26-27H2. The van der Waals surface area contributed by atoms with Gasteiger partial charge < -0.3 is 4.74 Å². The van der Waals surface area contributed by atoms with Crippen LogP contribution in [-0.4, -0.2) is 87.5 Å². The highest BCUT2D eigenvalue weighted by Gasteiger charge is 2.67. The highest BCUT2D eigenvalue weighted by atomic mass is 127. The van der Waals surface area contributed by atoms with E-state index in [1.165, 1.54) is 0 Å². The van der Waals surface area contributed by atoms with Crippen LogP contribution >= 0.6 is 20.7 Å². The average Bonchev–Trinajstić information content (AvgIpc) is 2.59. The predicted octanol–water partition coefficient (Wildman–Crippen LogP) is 2.61. The van der Waals surface area contributed by atoms with E-state index in [0.29, 0.717) is 0 Å². The van der Waals surface area contributed by atoms with Crippen LogP contribution in [-0.2, 0) is 4.74 Å². The molecule has 0 aromatic heterocycles. The Kier molecular flexibility index (Phi) is 8.18. The third-order valence-electron chi connectivity index (χ3n) is 4.33. The third kappa shape index (κ3) is 5.51. The van der Waals surface area contributed by atoms with Crippen molar-refractivity contribution in [2.75, 3.05) is 39.4 Å². The van der Waals surface area contributed by atoms with Crippen molar-refractivity contribution in [2.45, 2.75) is 33.8 Å². The molecule has 0 aromatic carbocycles. The second-order valence-electron chi connectivity index (χ2n) is 6.36. The molecule has 0 saturated carbocycles. The molecule has 3 atom stereocenters. The van der Waals surface area contributed by atoms with Crippen molar-refractivity contribution >= 4 is 25.2 Å². The van der Waals surface area contributed by atoms with Crippen LogP contribution in [0.1, 0.15) is 0 Å². The molecule has 1 aliphatic rings. The fourth-order valence-corrected chi connectivity index (χ4v) is 3.67. The molecular weight excluding hydrogens is 564 g/mol. The lowest BCUT2D eigenvalue weighted by Crippen LogP contribution is -2.69. The van der Waals surface area contributed by atoms with Crippen molar-refractivity contribution in [3.05, 3.63) is 0 Å². The highest BCUT2D eigenvalue weighted by molar-refractivity contribution is 14.2. The van der Waals surface area contributed by atoms with Crippen LogP contribution < -0.4 is 11.5 Å². The molecule has 180 valence electrons. The van der Waals surface area contributed by atoms with Gasteiger partial charge in [0.2, 0.25) is 3.68 Å². The first-order chi connectivity index (χ1) is 13.2. The van der Waals surface area contributed by atoms with Crippen LogP contribution in [0, 0.1) is 0 Å². The van der Waals surface area contributed by atoms with Gasteiger partial charge in [-0.25, -0.2) is 18.1 Å². The Bertz CT molecular complexity index is 605. The second-order valence-corrected chi connectivity index (χ2v) is 8.83. The Hall–Kier alpha value is -0.370. The van der Waals surface area contributed by atoms with Crippen LogP contribution in [0.5, 0.6) is 0 Å². The molecule has 0 aliphatic carbocycles. The topological polar surface area (TPSA) is 67.8 Å². The zero-order valence-electron chi connectivity index (χ0n) is 14.9. The summed E-state index contributed by atoms with van der Waals surface area (Å²) in [7, 11) is 0. The van der Waals surface area contributed by atoms with E-state index in [2.05, 4.69) is 15.0 Å². The van der Waals surface area contributed by atoms with Crippen LogP contribution in [0.2, 0.25) is 0 Å². The molecule has 0 aromatic rings. The Morgan fingerprint density at radius 2 is 1.20 bits per heavy atom. The summed E-state index contributed by atoms with van der Waals surface area (Å²) in [5, 5.41) is 0. The number of ether oxygens (including phenoxy) is 1. The summed E-state index contributed by atoms with van der Waals surface area (Å²) >= 11 is -2.56. The average molecular weight is 582 g/mol. The normalized spacial score (nSPS) is 24.2. The summed E-state index contributed by atoms with van der Waals surface area (Å²) < 4.78 is 149. The Labute approximate surface area is 173 Å². The molecule has 4 N–H and O–H groups in total. The van der Waals surface area contributed by atoms with Crippen molar-refractivity contribution < 1.29 is 53.0 Å². The largest absolute Gasteiger partial charge is 0.460 e. The van der Waals surface area contributed by atoms with Gasteiger partial charge in [-0.05, 0) is 0 Å². The van der Waals surface area contributed by atoms with E-state index >= 15 is 0 Å². The molecule has 30 heavy (non-hydrogen) atoms.